The molecule has 7 heteroatoms. The summed E-state index contributed by atoms with van der Waals surface area (Å²) >= 11 is 0. The number of piperazine rings is 1. The molecule has 0 unspecified atom stereocenters. The van der Waals surface area contributed by atoms with Gasteiger partial charge >= 0.3 is 0 Å². The first kappa shape index (κ1) is 18.4. The molecule has 1 heterocycles. The molecular formula is C17H25FN4O2. The highest BCUT2D eigenvalue weighted by Gasteiger charge is 2.27. The number of nitrogens with two attached hydrogens (primary N) is 1. The van der Waals surface area contributed by atoms with Gasteiger partial charge in [0.05, 0.1) is 12.6 Å². The van der Waals surface area contributed by atoms with E-state index in [0.29, 0.717) is 31.9 Å². The van der Waals surface area contributed by atoms with Crippen LogP contribution in [0.4, 0.5) is 10.1 Å². The molecule has 6 nitrogen and oxygen atoms in total. The van der Waals surface area contributed by atoms with E-state index in [4.69, 9.17) is 5.73 Å². The molecule has 132 valence electrons. The molecule has 1 saturated heterocycles. The van der Waals surface area contributed by atoms with E-state index in [1.54, 1.807) is 4.90 Å². The highest BCUT2D eigenvalue weighted by atomic mass is 19.1. The van der Waals surface area contributed by atoms with Crippen LogP contribution in [0, 0.1) is 11.7 Å². The van der Waals surface area contributed by atoms with Crippen LogP contribution in [0.5, 0.6) is 0 Å². The minimum absolute atomic E-state index is 0.0274. The fourth-order valence-electron chi connectivity index (χ4n) is 2.56. The van der Waals surface area contributed by atoms with Crippen LogP contribution in [-0.4, -0.2) is 60.4 Å². The third-order valence-corrected chi connectivity index (χ3v) is 4.18. The van der Waals surface area contributed by atoms with E-state index in [1.165, 1.54) is 24.3 Å². The molecule has 1 aliphatic rings. The Kier molecular flexibility index (Phi) is 6.28. The van der Waals surface area contributed by atoms with Crippen molar-refractivity contribution >= 4 is 17.5 Å². The zero-order chi connectivity index (χ0) is 17.7. The number of nitrogens with one attached hydrogen (secondary N) is 1. The molecule has 0 aliphatic carbocycles. The Hall–Kier alpha value is -1.99. The third kappa shape index (κ3) is 5.01. The van der Waals surface area contributed by atoms with E-state index < -0.39 is 6.04 Å². The smallest absolute Gasteiger partial charge is 0.239 e. The predicted molar refractivity (Wildman–Crippen MR) is 90.9 cm³/mol. The molecular weight excluding hydrogens is 311 g/mol. The summed E-state index contributed by atoms with van der Waals surface area (Å²) in [6.07, 6.45) is 0. The fraction of sp³-hybridized carbons (Fsp3) is 0.529. The van der Waals surface area contributed by atoms with Gasteiger partial charge in [-0.15, -0.1) is 0 Å². The first-order valence-electron chi connectivity index (χ1n) is 8.19. The Labute approximate surface area is 141 Å². The number of hydrogen-bond donors (Lipinski definition) is 2. The number of anilines is 1. The Morgan fingerprint density at radius 1 is 1.17 bits per heavy atom. The summed E-state index contributed by atoms with van der Waals surface area (Å²) < 4.78 is 12.8. The number of carbonyl (C=O) groups is 2. The van der Waals surface area contributed by atoms with Crippen LogP contribution >= 0.6 is 0 Å². The molecule has 0 saturated carbocycles. The monoisotopic (exact) mass is 336 g/mol. The maximum atomic E-state index is 12.8. The van der Waals surface area contributed by atoms with Crippen molar-refractivity contribution < 1.29 is 14.0 Å². The predicted octanol–water partition coefficient (Wildman–Crippen LogP) is 0.892. The van der Waals surface area contributed by atoms with Gasteiger partial charge in [0.25, 0.3) is 0 Å². The Bertz CT molecular complexity index is 568. The zero-order valence-corrected chi connectivity index (χ0v) is 14.2. The van der Waals surface area contributed by atoms with Gasteiger partial charge in [-0.25, -0.2) is 4.39 Å². The molecule has 1 atom stereocenters. The van der Waals surface area contributed by atoms with Gasteiger partial charge < -0.3 is 16.0 Å². The second-order valence-electron chi connectivity index (χ2n) is 6.43. The van der Waals surface area contributed by atoms with Crippen molar-refractivity contribution in [1.82, 2.24) is 9.80 Å². The van der Waals surface area contributed by atoms with Gasteiger partial charge in [-0.1, -0.05) is 13.8 Å². The number of amides is 2. The number of hydrogen-bond acceptors (Lipinski definition) is 4. The van der Waals surface area contributed by atoms with Crippen LogP contribution in [0.3, 0.4) is 0 Å². The van der Waals surface area contributed by atoms with Crippen molar-refractivity contribution in [1.29, 1.82) is 0 Å². The Morgan fingerprint density at radius 3 is 2.29 bits per heavy atom. The molecule has 3 N–H and O–H groups in total. The third-order valence-electron chi connectivity index (χ3n) is 4.18. The fourth-order valence-corrected chi connectivity index (χ4v) is 2.56. The van der Waals surface area contributed by atoms with E-state index in [2.05, 4.69) is 5.32 Å². The van der Waals surface area contributed by atoms with Crippen molar-refractivity contribution in [2.75, 3.05) is 38.0 Å². The first-order chi connectivity index (χ1) is 11.4. The van der Waals surface area contributed by atoms with Crippen molar-refractivity contribution in [3.63, 3.8) is 0 Å². The Balaban J connectivity index is 1.77. The van der Waals surface area contributed by atoms with Gasteiger partial charge in [-0.3, -0.25) is 14.5 Å². The minimum Gasteiger partial charge on any atom is -0.339 e. The van der Waals surface area contributed by atoms with Gasteiger partial charge in [0.2, 0.25) is 11.8 Å². The average molecular weight is 336 g/mol. The summed E-state index contributed by atoms with van der Waals surface area (Å²) in [7, 11) is 0. The molecule has 0 aromatic heterocycles. The molecule has 0 spiro atoms. The van der Waals surface area contributed by atoms with Crippen molar-refractivity contribution in [3.8, 4) is 0 Å². The molecule has 0 bridgehead atoms. The van der Waals surface area contributed by atoms with Crippen LogP contribution in [0.1, 0.15) is 13.8 Å². The normalized spacial score (nSPS) is 17.0. The summed E-state index contributed by atoms with van der Waals surface area (Å²) in [6, 6.07) is 5.18. The van der Waals surface area contributed by atoms with Gasteiger partial charge in [0, 0.05) is 31.9 Å². The lowest BCUT2D eigenvalue weighted by atomic mass is 10.0. The molecule has 1 aromatic carbocycles. The van der Waals surface area contributed by atoms with Gasteiger partial charge in [-0.2, -0.15) is 0 Å². The molecule has 1 aliphatic heterocycles. The molecule has 1 fully saturated rings. The highest BCUT2D eigenvalue weighted by molar-refractivity contribution is 5.92. The molecule has 2 amide bonds. The van der Waals surface area contributed by atoms with Crippen LogP contribution < -0.4 is 11.1 Å². The van der Waals surface area contributed by atoms with E-state index in [0.717, 1.165) is 0 Å². The lowest BCUT2D eigenvalue weighted by molar-refractivity contribution is -0.135. The van der Waals surface area contributed by atoms with Crippen molar-refractivity contribution in [3.05, 3.63) is 30.1 Å². The number of rotatable bonds is 5. The van der Waals surface area contributed by atoms with Gasteiger partial charge in [0.1, 0.15) is 5.82 Å². The van der Waals surface area contributed by atoms with Crippen LogP contribution in [0.2, 0.25) is 0 Å². The largest absolute Gasteiger partial charge is 0.339 e. The molecule has 1 aromatic rings. The lowest BCUT2D eigenvalue weighted by Crippen LogP contribution is -2.55. The minimum atomic E-state index is -0.474. The second kappa shape index (κ2) is 8.21. The number of carbonyl (C=O) groups excluding carboxylic acids is 2. The molecule has 2 rings (SSSR count). The highest BCUT2D eigenvalue weighted by Crippen LogP contribution is 2.10. The molecule has 24 heavy (non-hydrogen) atoms. The van der Waals surface area contributed by atoms with E-state index >= 15 is 0 Å². The van der Waals surface area contributed by atoms with Crippen LogP contribution in [0.25, 0.3) is 0 Å². The van der Waals surface area contributed by atoms with Crippen LogP contribution in [0.15, 0.2) is 24.3 Å². The number of halogens is 1. The topological polar surface area (TPSA) is 78.7 Å². The SMILES string of the molecule is CC(C)[C@H](N)C(=O)N1CCN(CC(=O)Nc2ccc(F)cc2)CC1. The number of nitrogens with zero attached hydrogens (tertiary/aromatic N) is 2. The van der Waals surface area contributed by atoms with Crippen molar-refractivity contribution in [2.24, 2.45) is 11.7 Å². The lowest BCUT2D eigenvalue weighted by Gasteiger charge is -2.36. The maximum Gasteiger partial charge on any atom is 0.239 e. The summed E-state index contributed by atoms with van der Waals surface area (Å²) in [4.78, 5) is 28.0. The maximum absolute atomic E-state index is 12.8. The van der Waals surface area contributed by atoms with Gasteiger partial charge in [-0.05, 0) is 30.2 Å². The van der Waals surface area contributed by atoms with E-state index in [1.807, 2.05) is 18.7 Å². The van der Waals surface area contributed by atoms with Crippen LogP contribution in [-0.2, 0) is 9.59 Å². The summed E-state index contributed by atoms with van der Waals surface area (Å²) in [5.41, 5.74) is 6.47. The number of benzene rings is 1. The quantitative estimate of drug-likeness (QED) is 0.837. The van der Waals surface area contributed by atoms with Crippen molar-refractivity contribution in [2.45, 2.75) is 19.9 Å². The summed E-state index contributed by atoms with van der Waals surface area (Å²) in [5.74, 6) is -0.411. The molecule has 0 radical (unpaired) electrons. The Morgan fingerprint density at radius 2 is 1.75 bits per heavy atom. The zero-order valence-electron chi connectivity index (χ0n) is 14.2. The van der Waals surface area contributed by atoms with E-state index in [-0.39, 0.29) is 30.1 Å². The standard InChI is InChI=1S/C17H25FN4O2/c1-12(2)16(19)17(24)22-9-7-21(8-10-22)11-15(23)20-14-5-3-13(18)4-6-14/h3-6,12,16H,7-11,19H2,1-2H3,(H,20,23)/t16-/m0/s1. The summed E-state index contributed by atoms with van der Waals surface area (Å²) in [5, 5.41) is 2.74. The van der Waals surface area contributed by atoms with E-state index in [9.17, 15) is 14.0 Å². The first-order valence-corrected chi connectivity index (χ1v) is 8.19. The second-order valence-corrected chi connectivity index (χ2v) is 6.43. The summed E-state index contributed by atoms with van der Waals surface area (Å²) in [6.45, 7) is 6.51. The average Bonchev–Trinajstić information content (AvgIpc) is 2.56. The van der Waals surface area contributed by atoms with Gasteiger partial charge in [0.15, 0.2) is 0 Å².